The smallest absolute Gasteiger partial charge is 0.117 e. The van der Waals surface area contributed by atoms with Gasteiger partial charge in [0.15, 0.2) is 0 Å². The first-order chi connectivity index (χ1) is 8.29. The highest BCUT2D eigenvalue weighted by Crippen LogP contribution is 2.29. The lowest BCUT2D eigenvalue weighted by atomic mass is 10.4. The van der Waals surface area contributed by atoms with Crippen molar-refractivity contribution >= 4 is 23.4 Å². The number of hydrogen-bond donors (Lipinski definition) is 1. The maximum absolute atomic E-state index is 6.08. The minimum atomic E-state index is 0.761. The highest BCUT2D eigenvalue weighted by Gasteiger charge is 2.04. The highest BCUT2D eigenvalue weighted by molar-refractivity contribution is 7.98. The van der Waals surface area contributed by atoms with Crippen LogP contribution < -0.4 is 5.32 Å². The standard InChI is InChI=1S/C13H14ClNOS/c1-15-8-10-6-7-11(16-10)9-17-13-5-3-2-4-12(13)14/h2-7,15H,8-9H2,1H3. The Morgan fingerprint density at radius 3 is 2.71 bits per heavy atom. The van der Waals surface area contributed by atoms with Crippen LogP contribution in [0.1, 0.15) is 11.5 Å². The molecule has 1 aromatic carbocycles. The van der Waals surface area contributed by atoms with Gasteiger partial charge >= 0.3 is 0 Å². The molecule has 0 aliphatic heterocycles. The number of furan rings is 1. The molecule has 0 radical (unpaired) electrons. The van der Waals surface area contributed by atoms with Gasteiger partial charge in [-0.3, -0.25) is 0 Å². The van der Waals surface area contributed by atoms with E-state index in [1.807, 2.05) is 43.4 Å². The number of nitrogens with one attached hydrogen (secondary N) is 1. The largest absolute Gasteiger partial charge is 0.464 e. The zero-order valence-corrected chi connectivity index (χ0v) is 11.1. The molecular formula is C13H14ClNOS. The fraction of sp³-hybridized carbons (Fsp3) is 0.231. The molecular weight excluding hydrogens is 254 g/mol. The van der Waals surface area contributed by atoms with Gasteiger partial charge in [0.1, 0.15) is 11.5 Å². The Bertz CT molecular complexity index is 484. The van der Waals surface area contributed by atoms with Crippen molar-refractivity contribution in [1.82, 2.24) is 5.32 Å². The SMILES string of the molecule is CNCc1ccc(CSc2ccccc2Cl)o1. The number of halogens is 1. The molecule has 4 heteroatoms. The minimum Gasteiger partial charge on any atom is -0.464 e. The van der Waals surface area contributed by atoms with Crippen LogP contribution in [0.2, 0.25) is 5.02 Å². The van der Waals surface area contributed by atoms with Crippen molar-refractivity contribution in [2.24, 2.45) is 0 Å². The van der Waals surface area contributed by atoms with Crippen molar-refractivity contribution in [2.45, 2.75) is 17.2 Å². The van der Waals surface area contributed by atoms with Crippen LogP contribution in [0.4, 0.5) is 0 Å². The Balaban J connectivity index is 1.95. The topological polar surface area (TPSA) is 25.2 Å². The van der Waals surface area contributed by atoms with E-state index >= 15 is 0 Å². The van der Waals surface area contributed by atoms with Gasteiger partial charge in [0.25, 0.3) is 0 Å². The van der Waals surface area contributed by atoms with E-state index in [1.165, 1.54) is 0 Å². The molecule has 2 aromatic rings. The molecule has 0 unspecified atom stereocenters. The summed E-state index contributed by atoms with van der Waals surface area (Å²) in [5.41, 5.74) is 0. The van der Waals surface area contributed by atoms with Crippen LogP contribution in [0.3, 0.4) is 0 Å². The Morgan fingerprint density at radius 1 is 1.18 bits per heavy atom. The predicted molar refractivity (Wildman–Crippen MR) is 72.5 cm³/mol. The van der Waals surface area contributed by atoms with Crippen molar-refractivity contribution in [3.05, 3.63) is 52.9 Å². The fourth-order valence-corrected chi connectivity index (χ4v) is 2.61. The van der Waals surface area contributed by atoms with Crippen molar-refractivity contribution in [2.75, 3.05) is 7.05 Å². The molecule has 0 atom stereocenters. The van der Waals surface area contributed by atoms with E-state index in [0.717, 1.165) is 33.7 Å². The Hall–Kier alpha value is -0.900. The number of benzene rings is 1. The van der Waals surface area contributed by atoms with Gasteiger partial charge in [0.05, 0.1) is 17.3 Å². The lowest BCUT2D eigenvalue weighted by Crippen LogP contribution is -2.03. The molecule has 17 heavy (non-hydrogen) atoms. The Labute approximate surface area is 110 Å². The first-order valence-corrected chi connectivity index (χ1v) is 6.75. The second-order valence-corrected chi connectivity index (χ2v) is 5.04. The summed E-state index contributed by atoms with van der Waals surface area (Å²) in [4.78, 5) is 1.08. The van der Waals surface area contributed by atoms with Gasteiger partial charge in [-0.2, -0.15) is 0 Å². The Kier molecular flexibility index (Phi) is 4.54. The molecule has 0 fully saturated rings. The lowest BCUT2D eigenvalue weighted by molar-refractivity contribution is 0.469. The Morgan fingerprint density at radius 2 is 1.94 bits per heavy atom. The summed E-state index contributed by atoms with van der Waals surface area (Å²) in [6, 6.07) is 11.9. The summed E-state index contributed by atoms with van der Waals surface area (Å²) in [7, 11) is 1.90. The van der Waals surface area contributed by atoms with E-state index in [2.05, 4.69) is 5.32 Å². The van der Waals surface area contributed by atoms with Gasteiger partial charge in [-0.05, 0) is 31.3 Å². The summed E-state index contributed by atoms with van der Waals surface area (Å²) in [5.74, 6) is 2.73. The van der Waals surface area contributed by atoms with Crippen molar-refractivity contribution in [3.63, 3.8) is 0 Å². The van der Waals surface area contributed by atoms with Gasteiger partial charge in [-0.25, -0.2) is 0 Å². The zero-order valence-electron chi connectivity index (χ0n) is 9.57. The maximum atomic E-state index is 6.08. The highest BCUT2D eigenvalue weighted by atomic mass is 35.5. The number of hydrogen-bond acceptors (Lipinski definition) is 3. The van der Waals surface area contributed by atoms with Crippen molar-refractivity contribution in [1.29, 1.82) is 0 Å². The molecule has 0 amide bonds. The van der Waals surface area contributed by atoms with Crippen molar-refractivity contribution in [3.8, 4) is 0 Å². The molecule has 0 bridgehead atoms. The normalized spacial score (nSPS) is 10.7. The van der Waals surface area contributed by atoms with Crippen LogP contribution in [0.15, 0.2) is 45.7 Å². The molecule has 1 heterocycles. The van der Waals surface area contributed by atoms with Gasteiger partial charge < -0.3 is 9.73 Å². The molecule has 1 aromatic heterocycles. The van der Waals surface area contributed by atoms with Gasteiger partial charge in [0.2, 0.25) is 0 Å². The quantitative estimate of drug-likeness (QED) is 0.831. The third-order valence-electron chi connectivity index (χ3n) is 2.27. The van der Waals surface area contributed by atoms with Crippen LogP contribution >= 0.6 is 23.4 Å². The van der Waals surface area contributed by atoms with E-state index in [1.54, 1.807) is 11.8 Å². The summed E-state index contributed by atoms with van der Waals surface area (Å²) >= 11 is 7.77. The lowest BCUT2D eigenvalue weighted by Gasteiger charge is -2.01. The average molecular weight is 268 g/mol. The van der Waals surface area contributed by atoms with E-state index in [4.69, 9.17) is 16.0 Å². The third-order valence-corrected chi connectivity index (χ3v) is 3.81. The fourth-order valence-electron chi connectivity index (χ4n) is 1.48. The first kappa shape index (κ1) is 12.6. The number of thioether (sulfide) groups is 1. The molecule has 0 aliphatic carbocycles. The van der Waals surface area contributed by atoms with Crippen LogP contribution in [-0.4, -0.2) is 7.05 Å². The average Bonchev–Trinajstić information content (AvgIpc) is 2.76. The van der Waals surface area contributed by atoms with Crippen molar-refractivity contribution < 1.29 is 4.42 Å². The summed E-state index contributed by atoms with van der Waals surface area (Å²) in [6.07, 6.45) is 0. The van der Waals surface area contributed by atoms with E-state index in [0.29, 0.717) is 0 Å². The molecule has 2 nitrogen and oxygen atoms in total. The predicted octanol–water partition coefficient (Wildman–Crippen LogP) is 3.94. The summed E-state index contributed by atoms with van der Waals surface area (Å²) < 4.78 is 5.66. The number of rotatable bonds is 5. The van der Waals surface area contributed by atoms with Crippen LogP contribution in [0.25, 0.3) is 0 Å². The summed E-state index contributed by atoms with van der Waals surface area (Å²) in [5, 5.41) is 3.85. The molecule has 0 aliphatic rings. The van der Waals surface area contributed by atoms with E-state index < -0.39 is 0 Å². The first-order valence-electron chi connectivity index (χ1n) is 5.39. The molecule has 90 valence electrons. The zero-order chi connectivity index (χ0) is 12.1. The molecule has 0 saturated carbocycles. The van der Waals surface area contributed by atoms with Gasteiger partial charge in [0, 0.05) is 4.90 Å². The van der Waals surface area contributed by atoms with E-state index in [-0.39, 0.29) is 0 Å². The van der Waals surface area contributed by atoms with E-state index in [9.17, 15) is 0 Å². The molecule has 0 spiro atoms. The van der Waals surface area contributed by atoms with Gasteiger partial charge in [-0.15, -0.1) is 11.8 Å². The molecule has 1 N–H and O–H groups in total. The van der Waals surface area contributed by atoms with Gasteiger partial charge in [-0.1, -0.05) is 23.7 Å². The maximum Gasteiger partial charge on any atom is 0.117 e. The molecule has 0 saturated heterocycles. The van der Waals surface area contributed by atoms with Crippen LogP contribution in [0, 0.1) is 0 Å². The summed E-state index contributed by atoms with van der Waals surface area (Å²) in [6.45, 7) is 0.761. The third kappa shape index (κ3) is 3.53. The van der Waals surface area contributed by atoms with Crippen LogP contribution in [0.5, 0.6) is 0 Å². The minimum absolute atomic E-state index is 0.761. The van der Waals surface area contributed by atoms with Crippen LogP contribution in [-0.2, 0) is 12.3 Å². The second kappa shape index (κ2) is 6.15. The second-order valence-electron chi connectivity index (χ2n) is 3.62. The monoisotopic (exact) mass is 267 g/mol. The molecule has 2 rings (SSSR count).